The van der Waals surface area contributed by atoms with E-state index < -0.39 is 5.54 Å². The lowest BCUT2D eigenvalue weighted by atomic mass is 9.77. The van der Waals surface area contributed by atoms with Gasteiger partial charge in [-0.1, -0.05) is 41.4 Å². The summed E-state index contributed by atoms with van der Waals surface area (Å²) in [6, 6.07) is 7.47. The van der Waals surface area contributed by atoms with Crippen LogP contribution in [-0.2, 0) is 24.9 Å². The van der Waals surface area contributed by atoms with E-state index in [1.807, 2.05) is 28.5 Å². The third kappa shape index (κ3) is 4.57. The minimum absolute atomic E-state index is 0.195. The molecule has 200 valence electrons. The topological polar surface area (TPSA) is 108 Å². The van der Waals surface area contributed by atoms with Crippen LogP contribution in [0.3, 0.4) is 0 Å². The van der Waals surface area contributed by atoms with E-state index in [2.05, 4.69) is 44.8 Å². The van der Waals surface area contributed by atoms with Crippen LogP contribution >= 0.6 is 23.2 Å². The molecular formula is C27H27Cl2N9O. The molecule has 0 bridgehead atoms. The highest BCUT2D eigenvalue weighted by Gasteiger charge is 2.42. The van der Waals surface area contributed by atoms with E-state index in [0.717, 1.165) is 35.3 Å². The van der Waals surface area contributed by atoms with Crippen LogP contribution in [0.15, 0.2) is 43.0 Å². The molecule has 6 rings (SSSR count). The number of nitrogens with one attached hydrogen (secondary N) is 1. The molecule has 1 aromatic carbocycles. The van der Waals surface area contributed by atoms with Crippen LogP contribution in [-0.4, -0.2) is 45.3 Å². The number of fused-ring (bicyclic) bond motifs is 3. The van der Waals surface area contributed by atoms with Gasteiger partial charge in [0.15, 0.2) is 0 Å². The monoisotopic (exact) mass is 563 g/mol. The molecule has 12 heteroatoms. The van der Waals surface area contributed by atoms with Gasteiger partial charge in [0.1, 0.15) is 17.8 Å². The third-order valence-corrected chi connectivity index (χ3v) is 7.79. The smallest absolute Gasteiger partial charge is 0.255 e. The van der Waals surface area contributed by atoms with Crippen molar-refractivity contribution in [3.8, 4) is 5.69 Å². The summed E-state index contributed by atoms with van der Waals surface area (Å²) in [7, 11) is 0. The van der Waals surface area contributed by atoms with Crippen LogP contribution in [0.25, 0.3) is 11.2 Å². The minimum Gasteiger partial charge on any atom is -0.340 e. The van der Waals surface area contributed by atoms with Gasteiger partial charge in [0, 0.05) is 24.7 Å². The molecule has 1 aliphatic rings. The fourth-order valence-electron chi connectivity index (χ4n) is 5.27. The highest BCUT2D eigenvalue weighted by atomic mass is 35.5. The SMILES string of the molecule is CCCn1cc(C2(NC(=O)c3c(Cl)cc(-n4cnc(C)n4)cc3Cl)CCc3nn4cc(C)ccc4c3C2)nn1. The van der Waals surface area contributed by atoms with Crippen LogP contribution in [0.2, 0.25) is 10.0 Å². The zero-order valence-electron chi connectivity index (χ0n) is 21.8. The average Bonchev–Trinajstić information content (AvgIpc) is 3.62. The average molecular weight is 564 g/mol. The first-order valence-electron chi connectivity index (χ1n) is 12.8. The van der Waals surface area contributed by atoms with Gasteiger partial charge in [-0.2, -0.15) is 10.2 Å². The maximum atomic E-state index is 13.9. The second-order valence-corrected chi connectivity index (χ2v) is 10.9. The summed E-state index contributed by atoms with van der Waals surface area (Å²) in [6.07, 6.45) is 8.21. The van der Waals surface area contributed by atoms with E-state index in [4.69, 9.17) is 28.3 Å². The number of rotatable bonds is 6. The Morgan fingerprint density at radius 2 is 1.92 bits per heavy atom. The van der Waals surface area contributed by atoms with Crippen LogP contribution in [0.1, 0.15) is 58.5 Å². The van der Waals surface area contributed by atoms with Gasteiger partial charge < -0.3 is 5.32 Å². The van der Waals surface area contributed by atoms with E-state index in [1.54, 1.807) is 30.1 Å². The summed E-state index contributed by atoms with van der Waals surface area (Å²) < 4.78 is 5.30. The summed E-state index contributed by atoms with van der Waals surface area (Å²) in [5.74, 6) is 0.230. The van der Waals surface area contributed by atoms with Crippen LogP contribution in [0.5, 0.6) is 0 Å². The third-order valence-electron chi connectivity index (χ3n) is 7.19. The fraction of sp³-hybridized carbons (Fsp3) is 0.333. The molecule has 5 aromatic rings. The molecule has 0 saturated heterocycles. The lowest BCUT2D eigenvalue weighted by molar-refractivity contribution is 0.0883. The number of aromatic nitrogens is 8. The Bertz CT molecular complexity index is 1700. The van der Waals surface area contributed by atoms with Gasteiger partial charge in [-0.15, -0.1) is 5.10 Å². The highest BCUT2D eigenvalue weighted by Crippen LogP contribution is 2.38. The van der Waals surface area contributed by atoms with Crippen molar-refractivity contribution in [1.29, 1.82) is 0 Å². The first-order valence-corrected chi connectivity index (χ1v) is 13.6. The van der Waals surface area contributed by atoms with Crippen molar-refractivity contribution in [2.45, 2.75) is 58.5 Å². The number of hydrogen-bond acceptors (Lipinski definition) is 6. The van der Waals surface area contributed by atoms with Crippen LogP contribution < -0.4 is 5.32 Å². The summed E-state index contributed by atoms with van der Waals surface area (Å²) in [5, 5.41) is 21.7. The largest absolute Gasteiger partial charge is 0.340 e. The van der Waals surface area contributed by atoms with E-state index in [-0.39, 0.29) is 21.5 Å². The zero-order valence-corrected chi connectivity index (χ0v) is 23.3. The Morgan fingerprint density at radius 3 is 2.64 bits per heavy atom. The number of pyridine rings is 1. The Hall–Kier alpha value is -3.76. The predicted octanol–water partition coefficient (Wildman–Crippen LogP) is 4.65. The van der Waals surface area contributed by atoms with Gasteiger partial charge in [-0.25, -0.2) is 14.2 Å². The number of hydrogen-bond donors (Lipinski definition) is 1. The predicted molar refractivity (Wildman–Crippen MR) is 148 cm³/mol. The molecule has 1 amide bonds. The van der Waals surface area contributed by atoms with E-state index in [9.17, 15) is 4.79 Å². The molecule has 4 aromatic heterocycles. The minimum atomic E-state index is -0.821. The summed E-state index contributed by atoms with van der Waals surface area (Å²) in [5.41, 5.74) is 4.93. The quantitative estimate of drug-likeness (QED) is 0.322. The molecule has 39 heavy (non-hydrogen) atoms. The van der Waals surface area contributed by atoms with Crippen molar-refractivity contribution in [2.75, 3.05) is 0 Å². The Kier molecular flexibility index (Phi) is 6.39. The molecule has 1 unspecified atom stereocenters. The molecule has 1 atom stereocenters. The molecule has 10 nitrogen and oxygen atoms in total. The van der Waals surface area contributed by atoms with Crippen molar-refractivity contribution in [3.63, 3.8) is 0 Å². The number of carbonyl (C=O) groups is 1. The Morgan fingerprint density at radius 1 is 1.13 bits per heavy atom. The molecule has 4 heterocycles. The second kappa shape index (κ2) is 9.77. The maximum Gasteiger partial charge on any atom is 0.255 e. The van der Waals surface area contributed by atoms with Gasteiger partial charge in [0.05, 0.1) is 44.2 Å². The lowest BCUT2D eigenvalue weighted by Crippen LogP contribution is -2.50. The number of halogens is 2. The summed E-state index contributed by atoms with van der Waals surface area (Å²) >= 11 is 13.3. The van der Waals surface area contributed by atoms with Crippen molar-refractivity contribution in [3.05, 3.63) is 86.9 Å². The van der Waals surface area contributed by atoms with Gasteiger partial charge in [0.2, 0.25) is 0 Å². The normalized spacial score (nSPS) is 16.9. The number of aryl methyl sites for hydroxylation is 4. The van der Waals surface area contributed by atoms with Gasteiger partial charge in [-0.05, 0) is 56.9 Å². The number of nitrogens with zero attached hydrogens (tertiary/aromatic N) is 8. The highest BCUT2D eigenvalue weighted by molar-refractivity contribution is 6.40. The van der Waals surface area contributed by atoms with Gasteiger partial charge >= 0.3 is 0 Å². The molecule has 1 aliphatic carbocycles. The Labute approximate surface area is 234 Å². The Balaban J connectivity index is 1.40. The van der Waals surface area contributed by atoms with E-state index in [0.29, 0.717) is 36.5 Å². The van der Waals surface area contributed by atoms with Crippen molar-refractivity contribution in [2.24, 2.45) is 0 Å². The lowest BCUT2D eigenvalue weighted by Gasteiger charge is -2.36. The van der Waals surface area contributed by atoms with Gasteiger partial charge in [-0.3, -0.25) is 9.48 Å². The molecule has 0 aliphatic heterocycles. The summed E-state index contributed by atoms with van der Waals surface area (Å²) in [4.78, 5) is 18.0. The van der Waals surface area contributed by atoms with Crippen LogP contribution in [0.4, 0.5) is 0 Å². The van der Waals surface area contributed by atoms with Crippen molar-refractivity contribution in [1.82, 2.24) is 44.7 Å². The standard InChI is InChI=1S/C27H27Cl2N9O/c1-4-9-36-14-24(32-35-36)27(8-7-22-19(12-27)23-6-5-16(2)13-37(23)34-22)31-26(39)25-20(28)10-18(11-21(25)29)38-15-30-17(3)33-38/h5-6,10-11,13-15H,4,7-9,12H2,1-3H3,(H,31,39). The number of amides is 1. The molecule has 1 N–H and O–H groups in total. The molecule has 0 saturated carbocycles. The summed E-state index contributed by atoms with van der Waals surface area (Å²) in [6.45, 7) is 6.65. The molecular weight excluding hydrogens is 537 g/mol. The first-order chi connectivity index (χ1) is 18.8. The zero-order chi connectivity index (χ0) is 27.3. The maximum absolute atomic E-state index is 13.9. The van der Waals surface area contributed by atoms with Crippen molar-refractivity contribution < 1.29 is 4.79 Å². The van der Waals surface area contributed by atoms with Crippen LogP contribution in [0, 0.1) is 13.8 Å². The van der Waals surface area contributed by atoms with Gasteiger partial charge in [0.25, 0.3) is 5.91 Å². The molecule has 0 fully saturated rings. The molecule has 0 spiro atoms. The van der Waals surface area contributed by atoms with E-state index in [1.165, 1.54) is 0 Å². The fourth-order valence-corrected chi connectivity index (χ4v) is 5.92. The molecule has 0 radical (unpaired) electrons. The first kappa shape index (κ1) is 25.5. The second-order valence-electron chi connectivity index (χ2n) is 10.1. The van der Waals surface area contributed by atoms with Crippen molar-refractivity contribution >= 4 is 34.6 Å². The van der Waals surface area contributed by atoms with E-state index >= 15 is 0 Å². The number of benzene rings is 1. The number of carbonyl (C=O) groups excluding carboxylic acids is 1.